The van der Waals surface area contributed by atoms with Crippen LogP contribution in [0.5, 0.6) is 5.75 Å². The molecule has 0 atom stereocenters. The van der Waals surface area contributed by atoms with Gasteiger partial charge in [0, 0.05) is 0 Å². The number of carbonyl (C=O) groups is 1. The van der Waals surface area contributed by atoms with Crippen LogP contribution in [-0.4, -0.2) is 34.1 Å². The van der Waals surface area contributed by atoms with Gasteiger partial charge in [0.2, 0.25) is 5.17 Å². The summed E-state index contributed by atoms with van der Waals surface area (Å²) in [7, 11) is 1.60. The van der Waals surface area contributed by atoms with E-state index in [-0.39, 0.29) is 11.4 Å². The van der Waals surface area contributed by atoms with E-state index in [1.807, 2.05) is 12.1 Å². The molecule has 6 nitrogen and oxygen atoms in total. The number of nitrogens with one attached hydrogen (secondary N) is 1. The van der Waals surface area contributed by atoms with Crippen molar-refractivity contribution in [1.29, 1.82) is 5.41 Å². The molecular weight excluding hydrogens is 312 g/mol. The zero-order valence-corrected chi connectivity index (χ0v) is 13.7. The Kier molecular flexibility index (Phi) is 4.29. The number of carbonyl (C=O) groups excluding carboxylic acids is 1. The maximum atomic E-state index is 12.2. The molecule has 0 saturated carbocycles. The minimum atomic E-state index is -0.405. The highest BCUT2D eigenvalue weighted by molar-refractivity contribution is 8.26. The number of ether oxygens (including phenoxy) is 1. The predicted molar refractivity (Wildman–Crippen MR) is 92.9 cm³/mol. The normalized spacial score (nSPS) is 18.9. The molecule has 3 rings (SSSR count). The molecule has 2 aliphatic rings. The Morgan fingerprint density at radius 2 is 2.09 bits per heavy atom. The second-order valence-electron chi connectivity index (χ2n) is 5.04. The summed E-state index contributed by atoms with van der Waals surface area (Å²) in [6, 6.07) is 7.27. The molecule has 1 aromatic rings. The summed E-state index contributed by atoms with van der Waals surface area (Å²) in [6.07, 6.45) is 3.43. The van der Waals surface area contributed by atoms with Crippen LogP contribution in [-0.2, 0) is 4.79 Å². The summed E-state index contributed by atoms with van der Waals surface area (Å²) in [5, 5.41) is 15.4. The molecule has 1 N–H and O–H groups in total. The van der Waals surface area contributed by atoms with Crippen LogP contribution >= 0.6 is 11.8 Å². The van der Waals surface area contributed by atoms with Crippen LogP contribution < -0.4 is 4.74 Å². The van der Waals surface area contributed by atoms with Crippen molar-refractivity contribution in [3.63, 3.8) is 0 Å². The molecule has 1 aromatic carbocycles. The molecule has 7 heteroatoms. The summed E-state index contributed by atoms with van der Waals surface area (Å²) in [5.74, 6) is 0.397. The van der Waals surface area contributed by atoms with E-state index in [0.717, 1.165) is 29.2 Å². The molecule has 0 saturated heterocycles. The summed E-state index contributed by atoms with van der Waals surface area (Å²) in [5.41, 5.74) is 1.04. The number of amides is 1. The molecule has 118 valence electrons. The summed E-state index contributed by atoms with van der Waals surface area (Å²) in [6.45, 7) is 2.06. The first-order valence-corrected chi connectivity index (χ1v) is 8.07. The van der Waals surface area contributed by atoms with Gasteiger partial charge in [0.05, 0.1) is 12.7 Å². The molecule has 0 fully saturated rings. The van der Waals surface area contributed by atoms with E-state index >= 15 is 0 Å². The van der Waals surface area contributed by atoms with Gasteiger partial charge in [0.1, 0.15) is 10.8 Å². The van der Waals surface area contributed by atoms with Crippen LogP contribution in [0.25, 0.3) is 6.08 Å². The number of hydrogen-bond acceptors (Lipinski definition) is 5. The molecule has 0 bridgehead atoms. The van der Waals surface area contributed by atoms with E-state index in [2.05, 4.69) is 17.0 Å². The number of fused-ring (bicyclic) bond motifs is 1. The summed E-state index contributed by atoms with van der Waals surface area (Å²) >= 11 is 1.36. The molecule has 23 heavy (non-hydrogen) atoms. The number of hydrazone groups is 1. The van der Waals surface area contributed by atoms with Gasteiger partial charge >= 0.3 is 0 Å². The molecule has 0 aliphatic carbocycles. The predicted octanol–water partition coefficient (Wildman–Crippen LogP) is 3.11. The number of nitrogens with zero attached hydrogens (tertiary/aromatic N) is 3. The van der Waals surface area contributed by atoms with Crippen LogP contribution in [0, 0.1) is 5.41 Å². The van der Waals surface area contributed by atoms with E-state index in [0.29, 0.717) is 5.17 Å². The van der Waals surface area contributed by atoms with Crippen LogP contribution in [0.3, 0.4) is 0 Å². The van der Waals surface area contributed by atoms with Gasteiger partial charge in [-0.05, 0) is 48.4 Å². The molecule has 0 spiro atoms. The Labute approximate surface area is 138 Å². The number of methoxy groups -OCH3 is 1. The fraction of sp³-hybridized carbons (Fsp3) is 0.250. The fourth-order valence-corrected chi connectivity index (χ4v) is 3.20. The van der Waals surface area contributed by atoms with Crippen molar-refractivity contribution in [3.05, 3.63) is 35.4 Å². The minimum absolute atomic E-state index is 0.0643. The Morgan fingerprint density at radius 1 is 1.35 bits per heavy atom. The van der Waals surface area contributed by atoms with Gasteiger partial charge in [-0.2, -0.15) is 15.1 Å². The van der Waals surface area contributed by atoms with Gasteiger partial charge in [-0.1, -0.05) is 19.1 Å². The Morgan fingerprint density at radius 3 is 2.74 bits per heavy atom. The van der Waals surface area contributed by atoms with Crippen LogP contribution in [0.2, 0.25) is 0 Å². The van der Waals surface area contributed by atoms with E-state index < -0.39 is 5.91 Å². The third-order valence-corrected chi connectivity index (χ3v) is 4.36. The molecule has 0 aromatic heterocycles. The maximum absolute atomic E-state index is 12.2. The van der Waals surface area contributed by atoms with Gasteiger partial charge in [-0.15, -0.1) is 0 Å². The first-order valence-electron chi connectivity index (χ1n) is 7.25. The zero-order valence-electron chi connectivity index (χ0n) is 12.9. The van der Waals surface area contributed by atoms with Gasteiger partial charge in [0.25, 0.3) is 5.91 Å². The second kappa shape index (κ2) is 6.37. The number of hydrogen-bond donors (Lipinski definition) is 1. The number of amidine groups is 2. The van der Waals surface area contributed by atoms with Crippen molar-refractivity contribution in [2.75, 3.05) is 7.11 Å². The van der Waals surface area contributed by atoms with Gasteiger partial charge < -0.3 is 4.74 Å². The molecule has 2 aliphatic heterocycles. The second-order valence-corrected chi connectivity index (χ2v) is 6.08. The van der Waals surface area contributed by atoms with E-state index in [4.69, 9.17) is 10.1 Å². The van der Waals surface area contributed by atoms with E-state index in [1.165, 1.54) is 16.8 Å². The largest absolute Gasteiger partial charge is 0.497 e. The Bertz CT molecular complexity index is 750. The molecule has 0 unspecified atom stereocenters. The van der Waals surface area contributed by atoms with Crippen LogP contribution in [0.4, 0.5) is 0 Å². The maximum Gasteiger partial charge on any atom is 0.283 e. The standard InChI is InChI=1S/C16H16N4O2S/c1-3-4-13-19-20-14(17)12(15(21)18-16(20)23-13)9-10-5-7-11(22-2)8-6-10/h5-9,17H,3-4H2,1-2H3. The lowest BCUT2D eigenvalue weighted by atomic mass is 10.1. The lowest BCUT2D eigenvalue weighted by Crippen LogP contribution is -2.35. The van der Waals surface area contributed by atoms with Crippen LogP contribution in [0.1, 0.15) is 25.3 Å². The first kappa shape index (κ1) is 15.5. The minimum Gasteiger partial charge on any atom is -0.497 e. The van der Waals surface area contributed by atoms with Gasteiger partial charge in [-0.25, -0.2) is 0 Å². The average Bonchev–Trinajstić information content (AvgIpc) is 2.95. The topological polar surface area (TPSA) is 78.1 Å². The third kappa shape index (κ3) is 3.05. The van der Waals surface area contributed by atoms with Crippen molar-refractivity contribution in [2.45, 2.75) is 19.8 Å². The van der Waals surface area contributed by atoms with Crippen molar-refractivity contribution >= 4 is 39.8 Å². The van der Waals surface area contributed by atoms with Gasteiger partial charge in [0.15, 0.2) is 5.84 Å². The average molecular weight is 328 g/mol. The number of benzene rings is 1. The zero-order chi connectivity index (χ0) is 16.4. The highest BCUT2D eigenvalue weighted by atomic mass is 32.2. The van der Waals surface area contributed by atoms with Crippen molar-refractivity contribution < 1.29 is 9.53 Å². The van der Waals surface area contributed by atoms with Crippen molar-refractivity contribution in [3.8, 4) is 5.75 Å². The molecule has 1 amide bonds. The first-order chi connectivity index (χ1) is 11.1. The van der Waals surface area contributed by atoms with Crippen molar-refractivity contribution in [1.82, 2.24) is 5.01 Å². The lowest BCUT2D eigenvalue weighted by Gasteiger charge is -2.20. The summed E-state index contributed by atoms with van der Waals surface area (Å²) in [4.78, 5) is 16.3. The number of thioether (sulfide) groups is 1. The third-order valence-electron chi connectivity index (χ3n) is 3.39. The molecular formula is C16H16N4O2S. The summed E-state index contributed by atoms with van der Waals surface area (Å²) < 4.78 is 5.11. The van der Waals surface area contributed by atoms with Gasteiger partial charge in [-0.3, -0.25) is 10.2 Å². The lowest BCUT2D eigenvalue weighted by molar-refractivity contribution is -0.114. The molecule has 0 radical (unpaired) electrons. The van der Waals surface area contributed by atoms with Crippen LogP contribution in [0.15, 0.2) is 39.9 Å². The van der Waals surface area contributed by atoms with E-state index in [9.17, 15) is 4.79 Å². The Balaban J connectivity index is 1.90. The quantitative estimate of drug-likeness (QED) is 0.861. The number of rotatable bonds is 4. The number of aliphatic imine (C=N–C) groups is 1. The van der Waals surface area contributed by atoms with Crippen molar-refractivity contribution in [2.24, 2.45) is 10.1 Å². The molecule has 2 heterocycles. The highest BCUT2D eigenvalue weighted by Crippen LogP contribution is 2.29. The SMILES string of the molecule is CCCC1=NN2C(=N)C(=Cc3ccc(OC)cc3)C(=O)N=C2S1. The monoisotopic (exact) mass is 328 g/mol. The highest BCUT2D eigenvalue weighted by Gasteiger charge is 2.35. The Hall–Kier alpha value is -2.41. The smallest absolute Gasteiger partial charge is 0.283 e. The van der Waals surface area contributed by atoms with E-state index in [1.54, 1.807) is 25.3 Å². The fourth-order valence-electron chi connectivity index (χ4n) is 2.21.